The van der Waals surface area contributed by atoms with Gasteiger partial charge in [-0.15, -0.1) is 0 Å². The van der Waals surface area contributed by atoms with Crippen LogP contribution >= 0.6 is 0 Å². The lowest BCUT2D eigenvalue weighted by molar-refractivity contribution is -0.387. The summed E-state index contributed by atoms with van der Waals surface area (Å²) < 4.78 is 37.6. The number of nitro benzene ring substituents is 1. The van der Waals surface area contributed by atoms with E-state index in [1.807, 2.05) is 0 Å². The molecule has 1 heterocycles. The zero-order valence-corrected chi connectivity index (χ0v) is 12.2. The molecule has 0 saturated heterocycles. The highest BCUT2D eigenvalue weighted by Gasteiger charge is 2.36. The molecule has 0 aliphatic carbocycles. The topological polar surface area (TPSA) is 98.9 Å². The first-order valence-electron chi connectivity index (χ1n) is 6.01. The van der Waals surface area contributed by atoms with Crippen molar-refractivity contribution in [1.29, 1.82) is 0 Å². The third-order valence-electron chi connectivity index (χ3n) is 2.89. The standard InChI is InChI=1S/C12H13FN2O5S/c1-12(2)6-11(14-20-12)21(18,19)7-8-3-4-9(13)10(5-8)15(16)17/h3-5H,6-7H2,1-2H3. The maximum absolute atomic E-state index is 13.2. The molecular formula is C12H13FN2O5S. The van der Waals surface area contributed by atoms with Crippen LogP contribution < -0.4 is 0 Å². The number of nitrogens with zero attached hydrogens (tertiary/aromatic N) is 2. The van der Waals surface area contributed by atoms with Crippen molar-refractivity contribution in [3.8, 4) is 0 Å². The molecule has 0 radical (unpaired) electrons. The second-order valence-corrected chi connectivity index (χ2v) is 7.30. The van der Waals surface area contributed by atoms with Crippen molar-refractivity contribution in [1.82, 2.24) is 0 Å². The van der Waals surface area contributed by atoms with E-state index in [1.54, 1.807) is 13.8 Å². The Kier molecular flexibility index (Phi) is 3.70. The molecule has 0 atom stereocenters. The Morgan fingerprint density at radius 1 is 1.48 bits per heavy atom. The summed E-state index contributed by atoms with van der Waals surface area (Å²) in [6.07, 6.45) is 0.124. The number of oxime groups is 1. The smallest absolute Gasteiger partial charge is 0.305 e. The maximum Gasteiger partial charge on any atom is 0.305 e. The predicted octanol–water partition coefficient (Wildman–Crippen LogP) is 2.16. The molecule has 114 valence electrons. The average Bonchev–Trinajstić information content (AvgIpc) is 2.72. The molecule has 1 aromatic carbocycles. The zero-order valence-electron chi connectivity index (χ0n) is 11.4. The van der Waals surface area contributed by atoms with Crippen LogP contribution in [-0.4, -0.2) is 24.0 Å². The molecule has 1 aliphatic rings. The van der Waals surface area contributed by atoms with Crippen LogP contribution in [0.25, 0.3) is 0 Å². The van der Waals surface area contributed by atoms with Gasteiger partial charge in [0.2, 0.25) is 5.82 Å². The van der Waals surface area contributed by atoms with E-state index in [2.05, 4.69) is 5.16 Å². The second kappa shape index (κ2) is 5.06. The Hall–Kier alpha value is -2.03. The van der Waals surface area contributed by atoms with Gasteiger partial charge < -0.3 is 4.84 Å². The molecule has 1 aromatic rings. The van der Waals surface area contributed by atoms with Crippen LogP contribution in [0.1, 0.15) is 25.8 Å². The van der Waals surface area contributed by atoms with E-state index in [0.717, 1.165) is 12.1 Å². The van der Waals surface area contributed by atoms with Crippen molar-refractivity contribution in [3.05, 3.63) is 39.7 Å². The molecule has 0 fully saturated rings. The largest absolute Gasteiger partial charge is 0.389 e. The Morgan fingerprint density at radius 2 is 2.14 bits per heavy atom. The average molecular weight is 316 g/mol. The second-order valence-electron chi connectivity index (χ2n) is 5.31. The van der Waals surface area contributed by atoms with Crippen molar-refractivity contribution in [2.24, 2.45) is 5.16 Å². The lowest BCUT2D eigenvalue weighted by atomic mass is 10.1. The number of benzene rings is 1. The Balaban J connectivity index is 2.26. The molecule has 0 amide bonds. The van der Waals surface area contributed by atoms with Gasteiger partial charge in [-0.25, -0.2) is 8.42 Å². The van der Waals surface area contributed by atoms with Gasteiger partial charge in [0.15, 0.2) is 14.9 Å². The molecule has 0 unspecified atom stereocenters. The number of hydrogen-bond acceptors (Lipinski definition) is 6. The quantitative estimate of drug-likeness (QED) is 0.628. The third kappa shape index (κ3) is 3.35. The molecule has 2 rings (SSSR count). The van der Waals surface area contributed by atoms with Crippen LogP contribution in [0.2, 0.25) is 0 Å². The third-order valence-corrected chi connectivity index (χ3v) is 4.54. The normalized spacial score (nSPS) is 17.2. The summed E-state index contributed by atoms with van der Waals surface area (Å²) in [5, 5.41) is 14.1. The van der Waals surface area contributed by atoms with Crippen molar-refractivity contribution in [3.63, 3.8) is 0 Å². The monoisotopic (exact) mass is 316 g/mol. The minimum Gasteiger partial charge on any atom is -0.389 e. The number of rotatable bonds is 3. The zero-order chi connectivity index (χ0) is 15.8. The summed E-state index contributed by atoms with van der Waals surface area (Å²) in [5.74, 6) is -1.50. The van der Waals surface area contributed by atoms with Gasteiger partial charge in [0.25, 0.3) is 0 Å². The fourth-order valence-corrected chi connectivity index (χ4v) is 3.36. The van der Waals surface area contributed by atoms with Gasteiger partial charge in [-0.3, -0.25) is 10.1 Å². The highest BCUT2D eigenvalue weighted by molar-refractivity contribution is 8.05. The van der Waals surface area contributed by atoms with Gasteiger partial charge in [-0.1, -0.05) is 11.2 Å². The summed E-state index contributed by atoms with van der Waals surface area (Å²) in [6, 6.07) is 2.98. The molecular weight excluding hydrogens is 303 g/mol. The van der Waals surface area contributed by atoms with Crippen molar-refractivity contribution in [2.45, 2.75) is 31.6 Å². The first-order chi connectivity index (χ1) is 9.61. The molecule has 9 heteroatoms. The Labute approximate surface area is 120 Å². The summed E-state index contributed by atoms with van der Waals surface area (Å²) in [4.78, 5) is 14.8. The first kappa shape index (κ1) is 15.4. The lowest BCUT2D eigenvalue weighted by Crippen LogP contribution is -2.23. The molecule has 0 bridgehead atoms. The maximum atomic E-state index is 13.2. The van der Waals surface area contributed by atoms with Crippen LogP contribution in [0, 0.1) is 15.9 Å². The minimum atomic E-state index is -3.76. The van der Waals surface area contributed by atoms with E-state index >= 15 is 0 Å². The lowest BCUT2D eigenvalue weighted by Gasteiger charge is -2.13. The van der Waals surface area contributed by atoms with Crippen molar-refractivity contribution >= 4 is 20.6 Å². The van der Waals surface area contributed by atoms with Crippen LogP contribution in [-0.2, 0) is 20.4 Å². The SMILES string of the molecule is CC1(C)CC(S(=O)(=O)Cc2ccc(F)c([N+](=O)[O-])c2)=NO1. The summed E-state index contributed by atoms with van der Waals surface area (Å²) in [5.41, 5.74) is -1.33. The van der Waals surface area contributed by atoms with Gasteiger partial charge in [0.05, 0.1) is 10.7 Å². The van der Waals surface area contributed by atoms with Crippen LogP contribution in [0.3, 0.4) is 0 Å². The first-order valence-corrected chi connectivity index (χ1v) is 7.67. The van der Waals surface area contributed by atoms with Crippen LogP contribution in [0.15, 0.2) is 23.4 Å². The van der Waals surface area contributed by atoms with Gasteiger partial charge in [0, 0.05) is 12.5 Å². The molecule has 0 spiro atoms. The number of hydrogen-bond donors (Lipinski definition) is 0. The van der Waals surface area contributed by atoms with E-state index in [9.17, 15) is 22.9 Å². The van der Waals surface area contributed by atoms with Gasteiger partial charge in [-0.2, -0.15) is 4.39 Å². The van der Waals surface area contributed by atoms with Crippen LogP contribution in [0.5, 0.6) is 0 Å². The van der Waals surface area contributed by atoms with Crippen LogP contribution in [0.4, 0.5) is 10.1 Å². The molecule has 1 aliphatic heterocycles. The predicted molar refractivity (Wildman–Crippen MR) is 72.9 cm³/mol. The molecule has 0 N–H and O–H groups in total. The summed E-state index contributed by atoms with van der Waals surface area (Å²) in [7, 11) is -3.76. The highest BCUT2D eigenvalue weighted by atomic mass is 32.2. The van der Waals surface area contributed by atoms with E-state index in [4.69, 9.17) is 4.84 Å². The van der Waals surface area contributed by atoms with Gasteiger partial charge in [0.1, 0.15) is 5.60 Å². The van der Waals surface area contributed by atoms with E-state index in [0.29, 0.717) is 0 Å². The van der Waals surface area contributed by atoms with E-state index in [-0.39, 0.29) is 17.0 Å². The molecule has 7 nitrogen and oxygen atoms in total. The minimum absolute atomic E-state index is 0.112. The molecule has 21 heavy (non-hydrogen) atoms. The number of nitro groups is 1. The summed E-state index contributed by atoms with van der Waals surface area (Å²) in [6.45, 7) is 3.39. The molecule has 0 saturated carbocycles. The Bertz CT molecular complexity index is 727. The Morgan fingerprint density at radius 3 is 2.67 bits per heavy atom. The van der Waals surface area contributed by atoms with Crippen molar-refractivity contribution < 1.29 is 22.6 Å². The highest BCUT2D eigenvalue weighted by Crippen LogP contribution is 2.27. The van der Waals surface area contributed by atoms with Gasteiger partial charge in [-0.05, 0) is 25.5 Å². The van der Waals surface area contributed by atoms with Gasteiger partial charge >= 0.3 is 5.69 Å². The van der Waals surface area contributed by atoms with Crippen molar-refractivity contribution in [2.75, 3.05) is 0 Å². The fourth-order valence-electron chi connectivity index (χ4n) is 1.86. The van der Waals surface area contributed by atoms with E-state index < -0.39 is 37.6 Å². The fraction of sp³-hybridized carbons (Fsp3) is 0.417. The van der Waals surface area contributed by atoms with E-state index in [1.165, 1.54) is 6.07 Å². The summed E-state index contributed by atoms with van der Waals surface area (Å²) >= 11 is 0. The molecule has 0 aromatic heterocycles. The number of sulfone groups is 1. The number of halogens is 1.